The number of esters is 1. The van der Waals surface area contributed by atoms with Crippen LogP contribution in [-0.4, -0.2) is 31.6 Å². The highest BCUT2D eigenvalue weighted by atomic mass is 16.5. The molecule has 0 aromatic carbocycles. The maximum atomic E-state index is 11.2. The Morgan fingerprint density at radius 3 is 2.36 bits per heavy atom. The van der Waals surface area contributed by atoms with Crippen LogP contribution in [0.4, 0.5) is 0 Å². The molecule has 0 fully saturated rings. The summed E-state index contributed by atoms with van der Waals surface area (Å²) in [6.45, 7) is 3.81. The molecule has 5 heteroatoms. The topological polar surface area (TPSA) is 81.4 Å². The number of hydrogen-bond acceptors (Lipinski definition) is 4. The molecule has 0 saturated carbocycles. The Kier molecular flexibility index (Phi) is 5.87. The lowest BCUT2D eigenvalue weighted by Crippen LogP contribution is -2.44. The Balaban J connectivity index is 4.24. The Morgan fingerprint density at radius 1 is 1.43 bits per heavy atom. The molecule has 82 valence electrons. The monoisotopic (exact) mass is 202 g/mol. The van der Waals surface area contributed by atoms with E-state index in [4.69, 9.17) is 5.73 Å². The number of amides is 1. The van der Waals surface area contributed by atoms with Gasteiger partial charge in [0.05, 0.1) is 13.7 Å². The van der Waals surface area contributed by atoms with Gasteiger partial charge in [-0.3, -0.25) is 4.79 Å². The highest BCUT2D eigenvalue weighted by Gasteiger charge is 2.21. The van der Waals surface area contributed by atoms with E-state index in [-0.39, 0.29) is 12.5 Å². The van der Waals surface area contributed by atoms with Crippen LogP contribution in [0.1, 0.15) is 20.3 Å². The second kappa shape index (κ2) is 6.37. The third-order valence-electron chi connectivity index (χ3n) is 1.71. The quantitative estimate of drug-likeness (QED) is 0.597. The molecule has 0 aliphatic carbocycles. The number of nitrogens with two attached hydrogens (primary N) is 1. The van der Waals surface area contributed by atoms with Gasteiger partial charge in [0.2, 0.25) is 5.91 Å². The molecule has 0 aliphatic heterocycles. The normalized spacial score (nSPS) is 12.4. The zero-order valence-corrected chi connectivity index (χ0v) is 8.87. The molecular weight excluding hydrogens is 184 g/mol. The first-order valence-electron chi connectivity index (χ1n) is 4.58. The molecule has 3 N–H and O–H groups in total. The molecule has 1 amide bonds. The van der Waals surface area contributed by atoms with Crippen molar-refractivity contribution in [1.82, 2.24) is 5.32 Å². The Labute approximate surface area is 84.0 Å². The molecular formula is C9H18N2O3. The summed E-state index contributed by atoms with van der Waals surface area (Å²) in [5.41, 5.74) is 5.13. The highest BCUT2D eigenvalue weighted by molar-refractivity contribution is 5.85. The third kappa shape index (κ3) is 4.81. The van der Waals surface area contributed by atoms with Gasteiger partial charge in [-0.1, -0.05) is 13.8 Å². The molecule has 0 aromatic heterocycles. The van der Waals surface area contributed by atoms with Crippen LogP contribution >= 0.6 is 0 Å². The van der Waals surface area contributed by atoms with E-state index < -0.39 is 12.0 Å². The first kappa shape index (κ1) is 12.9. The summed E-state index contributed by atoms with van der Waals surface area (Å²) in [6, 6.07) is -0.587. The van der Waals surface area contributed by atoms with E-state index in [2.05, 4.69) is 10.1 Å². The predicted molar refractivity (Wildman–Crippen MR) is 52.5 cm³/mol. The molecule has 14 heavy (non-hydrogen) atoms. The van der Waals surface area contributed by atoms with Crippen LogP contribution in [0, 0.1) is 5.92 Å². The largest absolute Gasteiger partial charge is 0.467 e. The number of nitrogens with one attached hydrogen (secondary N) is 1. The first-order chi connectivity index (χ1) is 6.51. The van der Waals surface area contributed by atoms with Gasteiger partial charge in [-0.15, -0.1) is 0 Å². The average Bonchev–Trinajstić information content (AvgIpc) is 2.14. The van der Waals surface area contributed by atoms with Gasteiger partial charge in [0.1, 0.15) is 6.04 Å². The highest BCUT2D eigenvalue weighted by Crippen LogP contribution is 2.05. The summed E-state index contributed by atoms with van der Waals surface area (Å²) in [7, 11) is 1.30. The van der Waals surface area contributed by atoms with Crippen LogP contribution in [0.5, 0.6) is 0 Å². The molecule has 0 radical (unpaired) electrons. The molecule has 1 atom stereocenters. The van der Waals surface area contributed by atoms with Gasteiger partial charge in [-0.2, -0.15) is 0 Å². The molecule has 5 nitrogen and oxygen atoms in total. The van der Waals surface area contributed by atoms with Crippen LogP contribution in [0.25, 0.3) is 0 Å². The van der Waals surface area contributed by atoms with Gasteiger partial charge in [0.25, 0.3) is 0 Å². The summed E-state index contributed by atoms with van der Waals surface area (Å²) >= 11 is 0. The van der Waals surface area contributed by atoms with Crippen molar-refractivity contribution >= 4 is 11.9 Å². The molecule has 0 aromatic rings. The lowest BCUT2D eigenvalue weighted by atomic mass is 10.0. The van der Waals surface area contributed by atoms with Crippen molar-refractivity contribution in [3.05, 3.63) is 0 Å². The molecule has 0 saturated heterocycles. The maximum Gasteiger partial charge on any atom is 0.328 e. The summed E-state index contributed by atoms with van der Waals surface area (Å²) in [4.78, 5) is 22.2. The zero-order chi connectivity index (χ0) is 11.1. The van der Waals surface area contributed by atoms with Gasteiger partial charge in [0.15, 0.2) is 0 Å². The van der Waals surface area contributed by atoms with Crippen LogP contribution in [0.2, 0.25) is 0 Å². The van der Waals surface area contributed by atoms with E-state index in [1.807, 2.05) is 13.8 Å². The SMILES string of the molecule is COC(=O)C(CC(C)C)NC(=O)CN. The van der Waals surface area contributed by atoms with Gasteiger partial charge in [-0.25, -0.2) is 4.79 Å². The molecule has 0 bridgehead atoms. The van der Waals surface area contributed by atoms with Gasteiger partial charge in [-0.05, 0) is 12.3 Å². The molecule has 0 spiro atoms. The average molecular weight is 202 g/mol. The second-order valence-electron chi connectivity index (χ2n) is 3.48. The van der Waals surface area contributed by atoms with Crippen LogP contribution < -0.4 is 11.1 Å². The summed E-state index contributed by atoms with van der Waals surface area (Å²) < 4.78 is 4.56. The van der Waals surface area contributed by atoms with Crippen LogP contribution in [0.3, 0.4) is 0 Å². The van der Waals surface area contributed by atoms with E-state index in [1.165, 1.54) is 7.11 Å². The maximum absolute atomic E-state index is 11.2. The van der Waals surface area contributed by atoms with Gasteiger partial charge in [0, 0.05) is 0 Å². The summed E-state index contributed by atoms with van der Waals surface area (Å²) in [5.74, 6) is -0.473. The standard InChI is InChI=1S/C9H18N2O3/c1-6(2)4-7(9(13)14-3)11-8(12)5-10/h6-7H,4-5,10H2,1-3H3,(H,11,12). The Bertz CT molecular complexity index is 204. The number of hydrogen-bond donors (Lipinski definition) is 2. The number of carbonyl (C=O) groups excluding carboxylic acids is 2. The van der Waals surface area contributed by atoms with Crippen molar-refractivity contribution in [2.75, 3.05) is 13.7 Å². The lowest BCUT2D eigenvalue weighted by Gasteiger charge is -2.17. The van der Waals surface area contributed by atoms with Crippen LogP contribution in [-0.2, 0) is 14.3 Å². The zero-order valence-electron chi connectivity index (χ0n) is 8.87. The van der Waals surface area contributed by atoms with E-state index in [9.17, 15) is 9.59 Å². The van der Waals surface area contributed by atoms with Crippen molar-refractivity contribution in [2.45, 2.75) is 26.3 Å². The van der Waals surface area contributed by atoms with Crippen molar-refractivity contribution in [3.8, 4) is 0 Å². The first-order valence-corrected chi connectivity index (χ1v) is 4.58. The van der Waals surface area contributed by atoms with Gasteiger partial charge >= 0.3 is 5.97 Å². The Morgan fingerprint density at radius 2 is 2.00 bits per heavy atom. The molecule has 1 unspecified atom stereocenters. The number of carbonyl (C=O) groups is 2. The predicted octanol–water partition coefficient (Wildman–Crippen LogP) is -0.351. The minimum atomic E-state index is -0.587. The van der Waals surface area contributed by atoms with E-state index in [0.29, 0.717) is 12.3 Å². The van der Waals surface area contributed by atoms with E-state index >= 15 is 0 Å². The van der Waals surface area contributed by atoms with Crippen molar-refractivity contribution in [1.29, 1.82) is 0 Å². The van der Waals surface area contributed by atoms with Gasteiger partial charge < -0.3 is 15.8 Å². The third-order valence-corrected chi connectivity index (χ3v) is 1.71. The fourth-order valence-electron chi connectivity index (χ4n) is 1.08. The summed E-state index contributed by atoms with van der Waals surface area (Å²) in [6.07, 6.45) is 0.554. The number of ether oxygens (including phenoxy) is 1. The molecule has 0 rings (SSSR count). The number of rotatable bonds is 5. The minimum absolute atomic E-state index is 0.119. The fourth-order valence-corrected chi connectivity index (χ4v) is 1.08. The smallest absolute Gasteiger partial charge is 0.328 e. The minimum Gasteiger partial charge on any atom is -0.467 e. The van der Waals surface area contributed by atoms with Crippen LogP contribution in [0.15, 0.2) is 0 Å². The number of methoxy groups -OCH3 is 1. The Hall–Kier alpha value is -1.10. The lowest BCUT2D eigenvalue weighted by molar-refractivity contribution is -0.145. The van der Waals surface area contributed by atoms with Crippen molar-refractivity contribution in [2.24, 2.45) is 11.7 Å². The fraction of sp³-hybridized carbons (Fsp3) is 0.778. The van der Waals surface area contributed by atoms with E-state index in [1.54, 1.807) is 0 Å². The van der Waals surface area contributed by atoms with Crippen molar-refractivity contribution in [3.63, 3.8) is 0 Å². The van der Waals surface area contributed by atoms with Crippen molar-refractivity contribution < 1.29 is 14.3 Å². The van der Waals surface area contributed by atoms with E-state index in [0.717, 1.165) is 0 Å². The summed E-state index contributed by atoms with van der Waals surface area (Å²) in [5, 5.41) is 2.51. The second-order valence-corrected chi connectivity index (χ2v) is 3.48. The molecule has 0 heterocycles. The molecule has 0 aliphatic rings.